The summed E-state index contributed by atoms with van der Waals surface area (Å²) in [5.41, 5.74) is 0.933. The summed E-state index contributed by atoms with van der Waals surface area (Å²) in [6.07, 6.45) is 0. The van der Waals surface area contributed by atoms with Gasteiger partial charge in [0.25, 0.3) is 0 Å². The molecule has 0 spiro atoms. The number of benzene rings is 1. The van der Waals surface area contributed by atoms with Gasteiger partial charge in [-0.1, -0.05) is 23.3 Å². The van der Waals surface area contributed by atoms with Crippen LogP contribution in [-0.2, 0) is 4.74 Å². The summed E-state index contributed by atoms with van der Waals surface area (Å²) in [6, 6.07) is 10.1. The van der Waals surface area contributed by atoms with Crippen molar-refractivity contribution >= 4 is 5.95 Å². The zero-order chi connectivity index (χ0) is 12.9. The van der Waals surface area contributed by atoms with Crippen molar-refractivity contribution in [1.82, 2.24) is 25.5 Å². The van der Waals surface area contributed by atoms with E-state index in [1.165, 1.54) is 0 Å². The Bertz CT molecular complexity index is 508. The van der Waals surface area contributed by atoms with Crippen LogP contribution in [0.3, 0.4) is 0 Å². The normalized spacial score (nSPS) is 19.3. The molecule has 0 aliphatic carbocycles. The summed E-state index contributed by atoms with van der Waals surface area (Å²) < 4.78 is 7.09. The van der Waals surface area contributed by atoms with Crippen molar-refractivity contribution in [3.8, 4) is 5.69 Å². The molecule has 1 fully saturated rings. The molecule has 1 aromatic carbocycles. The lowest BCUT2D eigenvalue weighted by Crippen LogP contribution is -2.45. The smallest absolute Gasteiger partial charge is 0.247 e. The van der Waals surface area contributed by atoms with Crippen LogP contribution >= 0.6 is 0 Å². The van der Waals surface area contributed by atoms with Crippen molar-refractivity contribution in [3.05, 3.63) is 30.3 Å². The van der Waals surface area contributed by atoms with E-state index >= 15 is 0 Å². The molecule has 100 valence electrons. The van der Waals surface area contributed by atoms with E-state index < -0.39 is 0 Å². The number of aromatic nitrogens is 4. The Morgan fingerprint density at radius 3 is 3.05 bits per heavy atom. The van der Waals surface area contributed by atoms with E-state index in [9.17, 15) is 0 Å². The zero-order valence-corrected chi connectivity index (χ0v) is 10.5. The van der Waals surface area contributed by atoms with E-state index in [1.54, 1.807) is 4.68 Å². The first-order valence-corrected chi connectivity index (χ1v) is 6.32. The molecule has 2 N–H and O–H groups in total. The molecule has 1 aliphatic heterocycles. The first kappa shape index (κ1) is 12.1. The van der Waals surface area contributed by atoms with Crippen molar-refractivity contribution in [2.24, 2.45) is 0 Å². The van der Waals surface area contributed by atoms with Crippen LogP contribution < -0.4 is 10.6 Å². The first-order chi connectivity index (χ1) is 9.43. The summed E-state index contributed by atoms with van der Waals surface area (Å²) in [5, 5.41) is 18.3. The van der Waals surface area contributed by atoms with Crippen molar-refractivity contribution in [3.63, 3.8) is 0 Å². The molecule has 1 aliphatic rings. The van der Waals surface area contributed by atoms with Gasteiger partial charge in [0, 0.05) is 19.1 Å². The number of rotatable bonds is 4. The third kappa shape index (κ3) is 2.88. The topological polar surface area (TPSA) is 76.9 Å². The van der Waals surface area contributed by atoms with Gasteiger partial charge in [0.15, 0.2) is 0 Å². The Kier molecular flexibility index (Phi) is 3.66. The van der Waals surface area contributed by atoms with Crippen LogP contribution in [0.4, 0.5) is 5.95 Å². The molecule has 1 atom stereocenters. The number of hydrogen-bond acceptors (Lipinski definition) is 6. The molecule has 0 saturated carbocycles. The lowest BCUT2D eigenvalue weighted by Gasteiger charge is -2.23. The van der Waals surface area contributed by atoms with Gasteiger partial charge in [-0.05, 0) is 22.6 Å². The van der Waals surface area contributed by atoms with Crippen LogP contribution in [0.15, 0.2) is 30.3 Å². The molecule has 3 rings (SSSR count). The number of nitrogens with zero attached hydrogens (tertiary/aromatic N) is 4. The molecule has 7 nitrogen and oxygen atoms in total. The Balaban J connectivity index is 1.67. The lowest BCUT2D eigenvalue weighted by atomic mass is 10.3. The van der Waals surface area contributed by atoms with Crippen LogP contribution in [0.25, 0.3) is 5.69 Å². The van der Waals surface area contributed by atoms with Crippen LogP contribution in [0.1, 0.15) is 0 Å². The Labute approximate surface area is 111 Å². The third-order valence-corrected chi connectivity index (χ3v) is 2.98. The number of anilines is 1. The molecule has 1 aromatic heterocycles. The highest BCUT2D eigenvalue weighted by molar-refractivity contribution is 5.38. The minimum absolute atomic E-state index is 0.287. The van der Waals surface area contributed by atoms with Gasteiger partial charge in [-0.3, -0.25) is 0 Å². The van der Waals surface area contributed by atoms with Crippen molar-refractivity contribution in [2.75, 3.05) is 31.6 Å². The lowest BCUT2D eigenvalue weighted by molar-refractivity contribution is 0.0806. The van der Waals surface area contributed by atoms with Crippen molar-refractivity contribution in [1.29, 1.82) is 0 Å². The van der Waals surface area contributed by atoms with Gasteiger partial charge in [-0.15, -0.1) is 0 Å². The number of morpholine rings is 1. The van der Waals surface area contributed by atoms with E-state index in [0.717, 1.165) is 25.4 Å². The second-order valence-corrected chi connectivity index (χ2v) is 4.36. The Morgan fingerprint density at radius 2 is 2.26 bits per heavy atom. The minimum atomic E-state index is 0.287. The molecule has 1 unspecified atom stereocenters. The van der Waals surface area contributed by atoms with Gasteiger partial charge in [-0.2, -0.15) is 4.68 Å². The van der Waals surface area contributed by atoms with Gasteiger partial charge in [-0.25, -0.2) is 0 Å². The SMILES string of the molecule is c1ccc(-n2nnnc2NCC2COCCN2)cc1. The van der Waals surface area contributed by atoms with Gasteiger partial charge < -0.3 is 15.4 Å². The summed E-state index contributed by atoms with van der Waals surface area (Å²) in [4.78, 5) is 0. The van der Waals surface area contributed by atoms with Crippen molar-refractivity contribution in [2.45, 2.75) is 6.04 Å². The quantitative estimate of drug-likeness (QED) is 0.809. The van der Waals surface area contributed by atoms with Crippen molar-refractivity contribution < 1.29 is 4.74 Å². The number of hydrogen-bond donors (Lipinski definition) is 2. The summed E-state index contributed by atoms with van der Waals surface area (Å²) in [7, 11) is 0. The number of ether oxygens (including phenoxy) is 1. The molecule has 0 bridgehead atoms. The largest absolute Gasteiger partial charge is 0.378 e. The molecule has 0 amide bonds. The molecule has 19 heavy (non-hydrogen) atoms. The highest BCUT2D eigenvalue weighted by Gasteiger charge is 2.14. The van der Waals surface area contributed by atoms with E-state index in [-0.39, 0.29) is 6.04 Å². The maximum absolute atomic E-state index is 5.41. The monoisotopic (exact) mass is 260 g/mol. The highest BCUT2D eigenvalue weighted by Crippen LogP contribution is 2.10. The van der Waals surface area contributed by atoms with E-state index in [1.807, 2.05) is 30.3 Å². The number of para-hydroxylation sites is 1. The predicted molar refractivity (Wildman–Crippen MR) is 70.3 cm³/mol. The maximum atomic E-state index is 5.41. The van der Waals surface area contributed by atoms with Crippen LogP contribution in [0, 0.1) is 0 Å². The zero-order valence-electron chi connectivity index (χ0n) is 10.5. The maximum Gasteiger partial charge on any atom is 0.247 e. The number of tetrazole rings is 1. The summed E-state index contributed by atoms with van der Waals surface area (Å²) >= 11 is 0. The fraction of sp³-hybridized carbons (Fsp3) is 0.417. The second kappa shape index (κ2) is 5.77. The molecule has 2 heterocycles. The van der Waals surface area contributed by atoms with Crippen LogP contribution in [-0.4, -0.2) is 52.6 Å². The second-order valence-electron chi connectivity index (χ2n) is 4.36. The van der Waals surface area contributed by atoms with E-state index in [4.69, 9.17) is 4.74 Å². The predicted octanol–water partition coefficient (Wildman–Crippen LogP) is 0.0626. The van der Waals surface area contributed by atoms with Crippen LogP contribution in [0.5, 0.6) is 0 Å². The fourth-order valence-electron chi connectivity index (χ4n) is 2.01. The standard InChI is InChI=1S/C12H16N6O/c1-2-4-11(5-3-1)18-12(15-16-17-18)14-8-10-9-19-7-6-13-10/h1-5,10,13H,6-9H2,(H,14,15,17). The molecule has 2 aromatic rings. The summed E-state index contributed by atoms with van der Waals surface area (Å²) in [5.74, 6) is 0.638. The van der Waals surface area contributed by atoms with E-state index in [2.05, 4.69) is 26.2 Å². The molecular formula is C12H16N6O. The fourth-order valence-corrected chi connectivity index (χ4v) is 2.01. The molecule has 7 heteroatoms. The van der Waals surface area contributed by atoms with Gasteiger partial charge >= 0.3 is 0 Å². The number of nitrogens with one attached hydrogen (secondary N) is 2. The minimum Gasteiger partial charge on any atom is -0.378 e. The van der Waals surface area contributed by atoms with Gasteiger partial charge in [0.2, 0.25) is 5.95 Å². The molecule has 1 saturated heterocycles. The average Bonchev–Trinajstić information content (AvgIpc) is 2.95. The van der Waals surface area contributed by atoms with Crippen LogP contribution in [0.2, 0.25) is 0 Å². The Morgan fingerprint density at radius 1 is 1.37 bits per heavy atom. The molecule has 0 radical (unpaired) electrons. The van der Waals surface area contributed by atoms with Gasteiger partial charge in [0.05, 0.1) is 18.9 Å². The average molecular weight is 260 g/mol. The molecular weight excluding hydrogens is 244 g/mol. The first-order valence-electron chi connectivity index (χ1n) is 6.32. The van der Waals surface area contributed by atoms with E-state index in [0.29, 0.717) is 12.6 Å². The summed E-state index contributed by atoms with van der Waals surface area (Å²) in [6.45, 7) is 3.10. The van der Waals surface area contributed by atoms with Gasteiger partial charge in [0.1, 0.15) is 0 Å². The highest BCUT2D eigenvalue weighted by atomic mass is 16.5. The third-order valence-electron chi connectivity index (χ3n) is 2.98. The Hall–Kier alpha value is -1.99.